The van der Waals surface area contributed by atoms with Crippen molar-refractivity contribution in [2.45, 2.75) is 19.3 Å². The molecule has 2 aromatic rings. The van der Waals surface area contributed by atoms with E-state index in [1.54, 1.807) is 18.2 Å². The molecule has 0 atom stereocenters. The lowest BCUT2D eigenvalue weighted by molar-refractivity contribution is -0.117. The third-order valence-electron chi connectivity index (χ3n) is 4.44. The minimum atomic E-state index is -0.291. The molecular formula is C18H14Cl2N2O2. The van der Waals surface area contributed by atoms with Gasteiger partial charge in [-0.15, -0.1) is 0 Å². The number of amides is 2. The van der Waals surface area contributed by atoms with Gasteiger partial charge in [0.15, 0.2) is 0 Å². The van der Waals surface area contributed by atoms with Crippen LogP contribution in [0.15, 0.2) is 30.3 Å². The summed E-state index contributed by atoms with van der Waals surface area (Å²) in [6.07, 6.45) is 2.25. The zero-order valence-corrected chi connectivity index (χ0v) is 14.2. The Bertz CT molecular complexity index is 880. The van der Waals surface area contributed by atoms with Gasteiger partial charge in [0, 0.05) is 17.3 Å². The van der Waals surface area contributed by atoms with Crippen molar-refractivity contribution in [2.24, 2.45) is 0 Å². The molecule has 0 radical (unpaired) electrons. The van der Waals surface area contributed by atoms with Crippen LogP contribution in [0.5, 0.6) is 0 Å². The Labute approximate surface area is 149 Å². The molecule has 2 heterocycles. The number of rotatable bonds is 2. The van der Waals surface area contributed by atoms with E-state index in [0.717, 1.165) is 36.2 Å². The van der Waals surface area contributed by atoms with Crippen LogP contribution < -0.4 is 10.2 Å². The first-order chi connectivity index (χ1) is 11.5. The summed E-state index contributed by atoms with van der Waals surface area (Å²) in [5, 5.41) is 3.67. The quantitative estimate of drug-likeness (QED) is 0.876. The maximum Gasteiger partial charge on any atom is 0.257 e. The Balaban J connectivity index is 1.65. The van der Waals surface area contributed by atoms with Crippen molar-refractivity contribution in [1.29, 1.82) is 0 Å². The zero-order chi connectivity index (χ0) is 16.8. The molecule has 0 bridgehead atoms. The number of nitrogens with one attached hydrogen (secondary N) is 1. The second-order valence-electron chi connectivity index (χ2n) is 6.05. The molecule has 0 aliphatic carbocycles. The van der Waals surface area contributed by atoms with E-state index in [9.17, 15) is 9.59 Å². The third kappa shape index (κ3) is 2.56. The highest BCUT2D eigenvalue weighted by Crippen LogP contribution is 2.39. The maximum absolute atomic E-state index is 12.5. The van der Waals surface area contributed by atoms with Crippen molar-refractivity contribution >= 4 is 46.4 Å². The molecule has 122 valence electrons. The van der Waals surface area contributed by atoms with Crippen molar-refractivity contribution < 1.29 is 9.59 Å². The molecule has 2 aliphatic rings. The van der Waals surface area contributed by atoms with Crippen LogP contribution in [0.1, 0.15) is 27.9 Å². The van der Waals surface area contributed by atoms with Gasteiger partial charge in [-0.25, -0.2) is 0 Å². The number of hydrogen-bond acceptors (Lipinski definition) is 2. The molecule has 4 rings (SSSR count). The van der Waals surface area contributed by atoms with Gasteiger partial charge in [0.1, 0.15) is 0 Å². The maximum atomic E-state index is 12.5. The SMILES string of the molecule is O=C(Nc1cc2c3c(c1)CC(=O)N3CCC2)c1ccc(Cl)cc1Cl. The van der Waals surface area contributed by atoms with E-state index in [4.69, 9.17) is 23.2 Å². The van der Waals surface area contributed by atoms with E-state index in [-0.39, 0.29) is 11.8 Å². The lowest BCUT2D eigenvalue weighted by atomic mass is 9.99. The Hall–Kier alpha value is -2.04. The second-order valence-corrected chi connectivity index (χ2v) is 6.89. The van der Waals surface area contributed by atoms with E-state index >= 15 is 0 Å². The monoisotopic (exact) mass is 360 g/mol. The van der Waals surface area contributed by atoms with E-state index in [0.29, 0.717) is 27.7 Å². The van der Waals surface area contributed by atoms with Gasteiger partial charge in [0.05, 0.1) is 22.7 Å². The zero-order valence-electron chi connectivity index (χ0n) is 12.7. The van der Waals surface area contributed by atoms with Crippen molar-refractivity contribution in [2.75, 3.05) is 16.8 Å². The Kier molecular flexibility index (Phi) is 3.74. The average molecular weight is 361 g/mol. The fourth-order valence-electron chi connectivity index (χ4n) is 3.42. The highest BCUT2D eigenvalue weighted by molar-refractivity contribution is 6.37. The number of halogens is 2. The van der Waals surface area contributed by atoms with Gasteiger partial charge in [-0.3, -0.25) is 9.59 Å². The van der Waals surface area contributed by atoms with Gasteiger partial charge in [0.25, 0.3) is 5.91 Å². The normalized spacial score (nSPS) is 15.4. The van der Waals surface area contributed by atoms with Crippen LogP contribution in [0.3, 0.4) is 0 Å². The lowest BCUT2D eigenvalue weighted by Crippen LogP contribution is -2.31. The van der Waals surface area contributed by atoms with Gasteiger partial charge in [-0.05, 0) is 54.3 Å². The molecule has 2 aromatic carbocycles. The van der Waals surface area contributed by atoms with Crippen LogP contribution in [0.25, 0.3) is 0 Å². The molecule has 0 saturated heterocycles. The molecule has 0 fully saturated rings. The van der Waals surface area contributed by atoms with Crippen LogP contribution in [-0.4, -0.2) is 18.4 Å². The third-order valence-corrected chi connectivity index (χ3v) is 4.99. The van der Waals surface area contributed by atoms with Gasteiger partial charge in [0.2, 0.25) is 5.91 Å². The summed E-state index contributed by atoms with van der Waals surface area (Å²) >= 11 is 12.0. The molecule has 0 spiro atoms. The van der Waals surface area contributed by atoms with Crippen molar-refractivity contribution in [1.82, 2.24) is 0 Å². The largest absolute Gasteiger partial charge is 0.322 e. The van der Waals surface area contributed by atoms with E-state index in [2.05, 4.69) is 5.32 Å². The summed E-state index contributed by atoms with van der Waals surface area (Å²) < 4.78 is 0. The Morgan fingerprint density at radius 2 is 1.92 bits per heavy atom. The molecular weight excluding hydrogens is 347 g/mol. The molecule has 2 amide bonds. The molecule has 0 aromatic heterocycles. The summed E-state index contributed by atoms with van der Waals surface area (Å²) in [6.45, 7) is 0.783. The van der Waals surface area contributed by atoms with E-state index in [1.165, 1.54) is 0 Å². The predicted octanol–water partition coefficient (Wildman–Crippen LogP) is 4.08. The summed E-state index contributed by atoms with van der Waals surface area (Å²) in [6, 6.07) is 8.60. The van der Waals surface area contributed by atoms with Gasteiger partial charge >= 0.3 is 0 Å². The number of carbonyl (C=O) groups is 2. The summed E-state index contributed by atoms with van der Waals surface area (Å²) in [5.41, 5.74) is 4.19. The first-order valence-electron chi connectivity index (χ1n) is 7.75. The van der Waals surface area contributed by atoms with Gasteiger partial charge in [-0.1, -0.05) is 23.2 Å². The number of hydrogen-bond donors (Lipinski definition) is 1. The minimum absolute atomic E-state index is 0.134. The number of anilines is 2. The molecule has 0 unspecified atom stereocenters. The van der Waals surface area contributed by atoms with Crippen LogP contribution >= 0.6 is 23.2 Å². The first kappa shape index (κ1) is 15.5. The standard InChI is InChI=1S/C18H14Cl2N2O2/c19-12-3-4-14(15(20)9-12)18(24)21-13-6-10-2-1-5-22-16(23)8-11(7-13)17(10)22/h3-4,6-7,9H,1-2,5,8H2,(H,21,24). The average Bonchev–Trinajstić information content (AvgIpc) is 2.85. The smallest absolute Gasteiger partial charge is 0.257 e. The highest BCUT2D eigenvalue weighted by Gasteiger charge is 2.32. The lowest BCUT2D eigenvalue weighted by Gasteiger charge is -2.26. The van der Waals surface area contributed by atoms with Crippen molar-refractivity contribution in [3.8, 4) is 0 Å². The molecule has 4 nitrogen and oxygen atoms in total. The number of benzene rings is 2. The molecule has 24 heavy (non-hydrogen) atoms. The number of aryl methyl sites for hydroxylation is 1. The molecule has 6 heteroatoms. The number of carbonyl (C=O) groups excluding carboxylic acids is 2. The molecule has 0 saturated carbocycles. The summed E-state index contributed by atoms with van der Waals surface area (Å²) in [7, 11) is 0. The topological polar surface area (TPSA) is 49.4 Å². The fraction of sp³-hybridized carbons (Fsp3) is 0.222. The van der Waals surface area contributed by atoms with Crippen LogP contribution in [-0.2, 0) is 17.6 Å². The van der Waals surface area contributed by atoms with Crippen molar-refractivity contribution in [3.05, 3.63) is 57.1 Å². The fourth-order valence-corrected chi connectivity index (χ4v) is 3.92. The summed E-state index contributed by atoms with van der Waals surface area (Å²) in [4.78, 5) is 26.4. The van der Waals surface area contributed by atoms with Crippen molar-refractivity contribution in [3.63, 3.8) is 0 Å². The number of nitrogens with zero attached hydrogens (tertiary/aromatic N) is 1. The van der Waals surface area contributed by atoms with Gasteiger partial charge in [-0.2, -0.15) is 0 Å². The first-order valence-corrected chi connectivity index (χ1v) is 8.51. The van der Waals surface area contributed by atoms with E-state index in [1.807, 2.05) is 17.0 Å². The highest BCUT2D eigenvalue weighted by atomic mass is 35.5. The van der Waals surface area contributed by atoms with Crippen LogP contribution in [0.2, 0.25) is 10.0 Å². The van der Waals surface area contributed by atoms with E-state index < -0.39 is 0 Å². The molecule has 1 N–H and O–H groups in total. The Morgan fingerprint density at radius 1 is 1.12 bits per heavy atom. The second kappa shape index (κ2) is 5.80. The Morgan fingerprint density at radius 3 is 2.71 bits per heavy atom. The minimum Gasteiger partial charge on any atom is -0.322 e. The van der Waals surface area contributed by atoms with Crippen LogP contribution in [0, 0.1) is 0 Å². The van der Waals surface area contributed by atoms with Crippen LogP contribution in [0.4, 0.5) is 11.4 Å². The summed E-state index contributed by atoms with van der Waals surface area (Å²) in [5.74, 6) is -0.157. The van der Waals surface area contributed by atoms with Gasteiger partial charge < -0.3 is 10.2 Å². The predicted molar refractivity (Wildman–Crippen MR) is 95.2 cm³/mol. The molecule has 2 aliphatic heterocycles.